The average molecular weight is 179 g/mol. The minimum Gasteiger partial charge on any atom is -0.465 e. The lowest BCUT2D eigenvalue weighted by Crippen LogP contribution is -2.15. The Labute approximate surface area is 78.7 Å². The number of carbonyl (C=O) groups excluding carboxylic acids is 1. The minimum absolute atomic E-state index is 0.312. The first-order valence-corrected chi connectivity index (χ1v) is 4.26. The third-order valence-electron chi connectivity index (χ3n) is 1.54. The normalized spacial score (nSPS) is 11.0. The highest BCUT2D eigenvalue weighted by atomic mass is 16.5. The zero-order valence-corrected chi connectivity index (χ0v) is 7.75. The SMILES string of the molecule is C#CCCCC(C#N)C(=O)OCC. The number of ether oxygens (including phenoxy) is 1. The average Bonchev–Trinajstić information content (AvgIpc) is 2.13. The quantitative estimate of drug-likeness (QED) is 0.365. The van der Waals surface area contributed by atoms with Crippen molar-refractivity contribution >= 4 is 5.97 Å². The van der Waals surface area contributed by atoms with Crippen molar-refractivity contribution in [2.45, 2.75) is 26.2 Å². The van der Waals surface area contributed by atoms with Crippen molar-refractivity contribution in [1.82, 2.24) is 0 Å². The fourth-order valence-corrected chi connectivity index (χ4v) is 0.886. The van der Waals surface area contributed by atoms with Crippen LogP contribution in [0.25, 0.3) is 0 Å². The molecule has 3 heteroatoms. The molecule has 0 heterocycles. The van der Waals surface area contributed by atoms with Gasteiger partial charge in [0.25, 0.3) is 0 Å². The Morgan fingerprint density at radius 1 is 1.69 bits per heavy atom. The molecule has 70 valence electrons. The maximum Gasteiger partial charge on any atom is 0.323 e. The van der Waals surface area contributed by atoms with Crippen LogP contribution in [0.2, 0.25) is 0 Å². The van der Waals surface area contributed by atoms with Gasteiger partial charge < -0.3 is 4.74 Å². The molecule has 0 aliphatic carbocycles. The van der Waals surface area contributed by atoms with Crippen LogP contribution < -0.4 is 0 Å². The largest absolute Gasteiger partial charge is 0.465 e. The fraction of sp³-hybridized carbons (Fsp3) is 0.600. The number of unbranched alkanes of at least 4 members (excludes halogenated alkanes) is 1. The molecule has 0 saturated carbocycles. The highest BCUT2D eigenvalue weighted by Crippen LogP contribution is 2.09. The molecule has 0 saturated heterocycles. The molecule has 0 aromatic carbocycles. The number of terminal acetylenes is 1. The van der Waals surface area contributed by atoms with Crippen molar-refractivity contribution in [3.63, 3.8) is 0 Å². The molecule has 0 N–H and O–H groups in total. The van der Waals surface area contributed by atoms with Gasteiger partial charge >= 0.3 is 5.97 Å². The predicted octanol–water partition coefficient (Wildman–Crippen LogP) is 1.49. The Balaban J connectivity index is 3.84. The van der Waals surface area contributed by atoms with E-state index in [4.69, 9.17) is 16.4 Å². The van der Waals surface area contributed by atoms with Crippen LogP contribution in [0, 0.1) is 29.6 Å². The Kier molecular flexibility index (Phi) is 6.37. The van der Waals surface area contributed by atoms with E-state index in [1.165, 1.54) is 0 Å². The maximum absolute atomic E-state index is 11.1. The van der Waals surface area contributed by atoms with Gasteiger partial charge in [0.05, 0.1) is 12.7 Å². The summed E-state index contributed by atoms with van der Waals surface area (Å²) < 4.78 is 4.71. The van der Waals surface area contributed by atoms with Crippen LogP contribution in [0.15, 0.2) is 0 Å². The Bertz CT molecular complexity index is 234. The molecule has 0 aromatic heterocycles. The van der Waals surface area contributed by atoms with Gasteiger partial charge in [-0.05, 0) is 19.8 Å². The van der Waals surface area contributed by atoms with Gasteiger partial charge in [0.2, 0.25) is 0 Å². The summed E-state index contributed by atoms with van der Waals surface area (Å²) in [6, 6.07) is 1.90. The van der Waals surface area contributed by atoms with E-state index in [1.807, 2.05) is 6.07 Å². The molecule has 0 aromatic rings. The number of rotatable bonds is 5. The van der Waals surface area contributed by atoms with Crippen molar-refractivity contribution in [2.24, 2.45) is 5.92 Å². The molecule has 0 fully saturated rings. The zero-order valence-electron chi connectivity index (χ0n) is 7.75. The van der Waals surface area contributed by atoms with Crippen molar-refractivity contribution in [3.05, 3.63) is 0 Å². The third-order valence-corrected chi connectivity index (χ3v) is 1.54. The number of esters is 1. The Morgan fingerprint density at radius 3 is 2.85 bits per heavy atom. The van der Waals surface area contributed by atoms with E-state index >= 15 is 0 Å². The van der Waals surface area contributed by atoms with Crippen LogP contribution in [0.4, 0.5) is 0 Å². The summed E-state index contributed by atoms with van der Waals surface area (Å²) in [6.45, 7) is 2.03. The monoisotopic (exact) mass is 179 g/mol. The number of carbonyl (C=O) groups is 1. The molecular formula is C10H13NO2. The smallest absolute Gasteiger partial charge is 0.323 e. The summed E-state index contributed by atoms with van der Waals surface area (Å²) in [6.07, 6.45) is 6.81. The maximum atomic E-state index is 11.1. The van der Waals surface area contributed by atoms with E-state index in [-0.39, 0.29) is 0 Å². The van der Waals surface area contributed by atoms with Crippen molar-refractivity contribution in [1.29, 1.82) is 5.26 Å². The van der Waals surface area contributed by atoms with Gasteiger partial charge in [0.1, 0.15) is 5.92 Å². The molecule has 3 nitrogen and oxygen atoms in total. The van der Waals surface area contributed by atoms with Gasteiger partial charge in [-0.25, -0.2) is 0 Å². The zero-order chi connectivity index (χ0) is 10.1. The first kappa shape index (κ1) is 11.5. The lowest BCUT2D eigenvalue weighted by Gasteiger charge is -2.06. The minimum atomic E-state index is -0.659. The number of hydrogen-bond acceptors (Lipinski definition) is 3. The van der Waals surface area contributed by atoms with Gasteiger partial charge in [-0.3, -0.25) is 4.79 Å². The van der Waals surface area contributed by atoms with E-state index in [1.54, 1.807) is 6.92 Å². The van der Waals surface area contributed by atoms with Gasteiger partial charge in [-0.2, -0.15) is 5.26 Å². The summed E-state index contributed by atoms with van der Waals surface area (Å²) in [5.74, 6) is 1.35. The second kappa shape index (κ2) is 7.18. The summed E-state index contributed by atoms with van der Waals surface area (Å²) in [4.78, 5) is 11.1. The molecule has 0 aliphatic rings. The van der Waals surface area contributed by atoms with Gasteiger partial charge in [0.15, 0.2) is 0 Å². The van der Waals surface area contributed by atoms with Crippen molar-refractivity contribution < 1.29 is 9.53 Å². The second-order valence-corrected chi connectivity index (χ2v) is 2.53. The van der Waals surface area contributed by atoms with Crippen LogP contribution in [0.3, 0.4) is 0 Å². The summed E-state index contributed by atoms with van der Waals surface area (Å²) in [7, 11) is 0. The topological polar surface area (TPSA) is 50.1 Å². The molecule has 0 bridgehead atoms. The molecule has 0 aliphatic heterocycles. The molecule has 0 spiro atoms. The molecular weight excluding hydrogens is 166 g/mol. The molecule has 0 amide bonds. The molecule has 0 radical (unpaired) electrons. The van der Waals surface area contributed by atoms with Gasteiger partial charge in [-0.1, -0.05) is 0 Å². The second-order valence-electron chi connectivity index (χ2n) is 2.53. The van der Waals surface area contributed by atoms with Crippen LogP contribution >= 0.6 is 0 Å². The summed E-state index contributed by atoms with van der Waals surface area (Å²) in [5.41, 5.74) is 0. The molecule has 1 unspecified atom stereocenters. The predicted molar refractivity (Wildman–Crippen MR) is 48.4 cm³/mol. The number of hydrogen-bond donors (Lipinski definition) is 0. The summed E-state index contributed by atoms with van der Waals surface area (Å²) >= 11 is 0. The molecule has 13 heavy (non-hydrogen) atoms. The molecule has 0 rings (SSSR count). The standard InChI is InChI=1S/C10H13NO2/c1-3-5-6-7-9(8-11)10(12)13-4-2/h1,9H,4-7H2,2H3. The molecule has 1 atom stereocenters. The number of nitriles is 1. The van der Waals surface area contributed by atoms with E-state index in [0.717, 1.165) is 0 Å². The van der Waals surface area contributed by atoms with Gasteiger partial charge in [0, 0.05) is 6.42 Å². The van der Waals surface area contributed by atoms with Gasteiger partial charge in [-0.15, -0.1) is 12.3 Å². The van der Waals surface area contributed by atoms with Crippen LogP contribution in [0.5, 0.6) is 0 Å². The van der Waals surface area contributed by atoms with Crippen molar-refractivity contribution in [2.75, 3.05) is 6.61 Å². The Morgan fingerprint density at radius 2 is 2.38 bits per heavy atom. The summed E-state index contributed by atoms with van der Waals surface area (Å²) in [5, 5.41) is 8.62. The van der Waals surface area contributed by atoms with E-state index in [0.29, 0.717) is 25.9 Å². The van der Waals surface area contributed by atoms with Crippen LogP contribution in [-0.2, 0) is 9.53 Å². The van der Waals surface area contributed by atoms with Crippen LogP contribution in [0.1, 0.15) is 26.2 Å². The fourth-order valence-electron chi connectivity index (χ4n) is 0.886. The van der Waals surface area contributed by atoms with E-state index in [9.17, 15) is 4.79 Å². The number of nitrogens with zero attached hydrogens (tertiary/aromatic N) is 1. The third kappa shape index (κ3) is 4.87. The lowest BCUT2D eigenvalue weighted by atomic mass is 10.0. The Hall–Kier alpha value is -1.48. The lowest BCUT2D eigenvalue weighted by molar-refractivity contribution is -0.146. The van der Waals surface area contributed by atoms with E-state index < -0.39 is 11.9 Å². The van der Waals surface area contributed by atoms with Crippen molar-refractivity contribution in [3.8, 4) is 18.4 Å². The van der Waals surface area contributed by atoms with E-state index in [2.05, 4.69) is 5.92 Å². The first-order valence-electron chi connectivity index (χ1n) is 4.26. The highest BCUT2D eigenvalue weighted by Gasteiger charge is 2.17. The first-order chi connectivity index (χ1) is 6.26. The highest BCUT2D eigenvalue weighted by molar-refractivity contribution is 5.75. The van der Waals surface area contributed by atoms with Crippen LogP contribution in [-0.4, -0.2) is 12.6 Å².